The van der Waals surface area contributed by atoms with Crippen molar-refractivity contribution in [1.29, 1.82) is 0 Å². The number of rotatable bonds is 15. The summed E-state index contributed by atoms with van der Waals surface area (Å²) >= 11 is 6.37. The second-order valence-electron chi connectivity index (χ2n) is 10.6. The van der Waals surface area contributed by atoms with Gasteiger partial charge in [-0.05, 0) is 33.9 Å². The van der Waals surface area contributed by atoms with Gasteiger partial charge in [-0.25, -0.2) is 0 Å². The van der Waals surface area contributed by atoms with Crippen LogP contribution in [0.4, 0.5) is 5.69 Å². The van der Waals surface area contributed by atoms with E-state index >= 15 is 0 Å². The summed E-state index contributed by atoms with van der Waals surface area (Å²) in [6.07, 6.45) is -3.10. The molecule has 1 aliphatic heterocycles. The van der Waals surface area contributed by atoms with Crippen LogP contribution in [-0.4, -0.2) is 44.4 Å². The predicted molar refractivity (Wildman–Crippen MR) is 171 cm³/mol. The summed E-state index contributed by atoms with van der Waals surface area (Å²) in [4.78, 5) is 2.83. The van der Waals surface area contributed by atoms with Crippen molar-refractivity contribution in [2.24, 2.45) is 5.11 Å². The van der Waals surface area contributed by atoms with Crippen LogP contribution in [0.2, 0.25) is 5.02 Å². The quantitative estimate of drug-likeness (QED) is 0.0751. The summed E-state index contributed by atoms with van der Waals surface area (Å²) in [5.41, 5.74) is 13.0. The molecule has 234 valence electrons. The van der Waals surface area contributed by atoms with Gasteiger partial charge in [0.2, 0.25) is 0 Å². The number of benzene rings is 4. The molecule has 5 rings (SSSR count). The highest BCUT2D eigenvalue weighted by Gasteiger charge is 2.48. The fourth-order valence-corrected chi connectivity index (χ4v) is 5.37. The molecule has 1 fully saturated rings. The van der Waals surface area contributed by atoms with Gasteiger partial charge in [0.05, 0.1) is 43.7 Å². The third-order valence-corrected chi connectivity index (χ3v) is 7.70. The third-order valence-electron chi connectivity index (χ3n) is 7.39. The van der Waals surface area contributed by atoms with Gasteiger partial charge in [0.1, 0.15) is 24.4 Å². The Bertz CT molecular complexity index is 1510. The lowest BCUT2D eigenvalue weighted by Crippen LogP contribution is -2.61. The topological polar surface area (TPSA) is 104 Å². The molecule has 0 spiro atoms. The van der Waals surface area contributed by atoms with E-state index < -0.39 is 30.7 Å². The minimum absolute atomic E-state index is 0.188. The smallest absolute Gasteiger partial charge is 0.186 e. The first-order valence-electron chi connectivity index (χ1n) is 14.7. The van der Waals surface area contributed by atoms with Gasteiger partial charge in [-0.15, -0.1) is 0 Å². The molecule has 0 amide bonds. The number of nitrogens with zero attached hydrogens (tertiary/aromatic N) is 3. The van der Waals surface area contributed by atoms with Gasteiger partial charge in [-0.3, -0.25) is 0 Å². The highest BCUT2D eigenvalue weighted by Crippen LogP contribution is 2.32. The van der Waals surface area contributed by atoms with E-state index in [1.165, 1.54) is 0 Å². The van der Waals surface area contributed by atoms with Crippen molar-refractivity contribution >= 4 is 17.3 Å². The largest absolute Gasteiger partial charge is 0.374 e. The average Bonchev–Trinajstić information content (AvgIpc) is 3.08. The van der Waals surface area contributed by atoms with Gasteiger partial charge in [-0.2, -0.15) is 0 Å². The summed E-state index contributed by atoms with van der Waals surface area (Å²) in [6, 6.07) is 35.0. The fourth-order valence-electron chi connectivity index (χ4n) is 5.13. The average molecular weight is 630 g/mol. The maximum Gasteiger partial charge on any atom is 0.186 e. The summed E-state index contributed by atoms with van der Waals surface area (Å²) in [7, 11) is 1.59. The van der Waals surface area contributed by atoms with Gasteiger partial charge in [-0.1, -0.05) is 120 Å². The maximum absolute atomic E-state index is 8.82. The van der Waals surface area contributed by atoms with Crippen LogP contribution in [0.25, 0.3) is 10.4 Å². The normalized spacial score (nSPS) is 21.2. The number of hydrogen-bond acceptors (Lipinski definition) is 7. The minimum Gasteiger partial charge on any atom is -0.374 e. The van der Waals surface area contributed by atoms with E-state index in [1.807, 2.05) is 97.1 Å². The van der Waals surface area contributed by atoms with E-state index in [1.54, 1.807) is 19.2 Å². The molecular formula is C35H36ClN3O6. The first-order chi connectivity index (χ1) is 22.1. The summed E-state index contributed by atoms with van der Waals surface area (Å²) in [5.74, 6) is 0. The van der Waals surface area contributed by atoms with E-state index in [9.17, 15) is 0 Å². The lowest BCUT2D eigenvalue weighted by molar-refractivity contribution is -0.323. The van der Waals surface area contributed by atoms with Crippen molar-refractivity contribution in [1.82, 2.24) is 0 Å². The molecule has 0 saturated carbocycles. The molecule has 0 aromatic heterocycles. The number of azide groups is 1. The first-order valence-corrected chi connectivity index (χ1v) is 15.1. The fraction of sp³-hybridized carbons (Fsp3) is 0.314. The van der Waals surface area contributed by atoms with Crippen molar-refractivity contribution in [2.75, 3.05) is 13.7 Å². The SMILES string of the molecule is COC1O[C@H](COCc2ccccc2)[C@@H](OCc2ccc(N=[N+]=[N-])c(Cl)c2)[C@H](OCc2ccccc2)[C@H]1OCc1ccccc1. The van der Waals surface area contributed by atoms with E-state index in [2.05, 4.69) is 10.0 Å². The lowest BCUT2D eigenvalue weighted by Gasteiger charge is -2.45. The van der Waals surface area contributed by atoms with E-state index in [-0.39, 0.29) is 13.2 Å². The van der Waals surface area contributed by atoms with Crippen LogP contribution in [0, 0.1) is 0 Å². The molecule has 1 unspecified atom stereocenters. The van der Waals surface area contributed by atoms with Crippen molar-refractivity contribution in [3.63, 3.8) is 0 Å². The number of halogens is 1. The van der Waals surface area contributed by atoms with Gasteiger partial charge >= 0.3 is 0 Å². The third kappa shape index (κ3) is 9.37. The molecule has 0 aliphatic carbocycles. The zero-order chi connectivity index (χ0) is 31.3. The van der Waals surface area contributed by atoms with Crippen molar-refractivity contribution < 1.29 is 28.4 Å². The Morgan fingerprint density at radius 1 is 0.689 bits per heavy atom. The van der Waals surface area contributed by atoms with Crippen molar-refractivity contribution in [3.8, 4) is 0 Å². The summed E-state index contributed by atoms with van der Waals surface area (Å²) in [5, 5.41) is 3.96. The van der Waals surface area contributed by atoms with Crippen molar-refractivity contribution in [3.05, 3.63) is 147 Å². The molecule has 5 atom stereocenters. The maximum atomic E-state index is 8.82. The molecule has 1 heterocycles. The molecule has 10 heteroatoms. The number of methoxy groups -OCH3 is 1. The van der Waals surface area contributed by atoms with E-state index in [4.69, 9.17) is 45.6 Å². The monoisotopic (exact) mass is 629 g/mol. The summed E-state index contributed by atoms with van der Waals surface area (Å²) in [6.45, 7) is 1.49. The Hall–Kier alpha value is -3.76. The number of ether oxygens (including phenoxy) is 6. The zero-order valence-electron chi connectivity index (χ0n) is 25.0. The van der Waals surface area contributed by atoms with Crippen LogP contribution in [0.15, 0.2) is 114 Å². The van der Waals surface area contributed by atoms with Gasteiger partial charge in [0.25, 0.3) is 0 Å². The molecule has 45 heavy (non-hydrogen) atoms. The molecule has 9 nitrogen and oxygen atoms in total. The van der Waals surface area contributed by atoms with Crippen LogP contribution in [0.3, 0.4) is 0 Å². The van der Waals surface area contributed by atoms with Crippen LogP contribution >= 0.6 is 11.6 Å². The molecule has 0 bridgehead atoms. The molecule has 1 aliphatic rings. The first kappa shape index (κ1) is 32.6. The highest BCUT2D eigenvalue weighted by molar-refractivity contribution is 6.33. The Labute approximate surface area is 268 Å². The zero-order valence-corrected chi connectivity index (χ0v) is 25.7. The standard InChI is InChI=1S/C35H36ClN3O6/c1-40-35-34(44-22-27-15-9-4-10-16-27)33(43-21-26-13-7-3-8-14-26)32(31(45-35)24-41-20-25-11-5-2-6-12-25)42-23-28-17-18-30(38-39-37)29(36)19-28/h2-19,31-35H,20-24H2,1H3/t31-,32-,33+,34-,35?/m1/s1. The Kier molecular flexibility index (Phi) is 12.4. The van der Waals surface area contributed by atoms with E-state index in [0.29, 0.717) is 30.5 Å². The highest BCUT2D eigenvalue weighted by atomic mass is 35.5. The molecule has 0 N–H and O–H groups in total. The number of hydrogen-bond donors (Lipinski definition) is 0. The van der Waals surface area contributed by atoms with Gasteiger partial charge < -0.3 is 28.4 Å². The van der Waals surface area contributed by atoms with Gasteiger partial charge in [0, 0.05) is 12.0 Å². The minimum atomic E-state index is -0.739. The Morgan fingerprint density at radius 2 is 1.22 bits per heavy atom. The van der Waals surface area contributed by atoms with Crippen LogP contribution in [0.1, 0.15) is 22.3 Å². The Morgan fingerprint density at radius 3 is 1.78 bits per heavy atom. The van der Waals surface area contributed by atoms with Crippen LogP contribution in [-0.2, 0) is 54.8 Å². The lowest BCUT2D eigenvalue weighted by atomic mass is 9.97. The van der Waals surface area contributed by atoms with E-state index in [0.717, 1.165) is 22.3 Å². The second kappa shape index (κ2) is 17.1. The molecular weight excluding hydrogens is 594 g/mol. The van der Waals surface area contributed by atoms with Crippen LogP contribution < -0.4 is 0 Å². The molecule has 4 aromatic rings. The predicted octanol–water partition coefficient (Wildman–Crippen LogP) is 7.93. The molecule has 1 saturated heterocycles. The van der Waals surface area contributed by atoms with Crippen molar-refractivity contribution in [2.45, 2.75) is 57.1 Å². The molecule has 0 radical (unpaired) electrons. The Balaban J connectivity index is 1.41. The van der Waals surface area contributed by atoms with Gasteiger partial charge in [0.15, 0.2) is 6.29 Å². The summed E-state index contributed by atoms with van der Waals surface area (Å²) < 4.78 is 38.1. The van der Waals surface area contributed by atoms with Crippen LogP contribution in [0.5, 0.6) is 0 Å². The second-order valence-corrected chi connectivity index (χ2v) is 11.0. The molecule has 4 aromatic carbocycles.